The van der Waals surface area contributed by atoms with E-state index in [1.807, 2.05) is 30.3 Å². The number of anilines is 1. The number of ether oxygens (including phenoxy) is 1. The summed E-state index contributed by atoms with van der Waals surface area (Å²) in [5.74, 6) is 0.338. The first-order valence-corrected chi connectivity index (χ1v) is 7.90. The summed E-state index contributed by atoms with van der Waals surface area (Å²) >= 11 is 0. The van der Waals surface area contributed by atoms with Gasteiger partial charge in [-0.25, -0.2) is 9.78 Å². The fourth-order valence-corrected chi connectivity index (χ4v) is 1.93. The van der Waals surface area contributed by atoms with Gasteiger partial charge in [0.05, 0.1) is 6.20 Å². The van der Waals surface area contributed by atoms with Crippen molar-refractivity contribution in [2.75, 3.05) is 18.4 Å². The third kappa shape index (κ3) is 6.86. The van der Waals surface area contributed by atoms with Gasteiger partial charge in [0, 0.05) is 25.5 Å². The van der Waals surface area contributed by atoms with Crippen LogP contribution >= 0.6 is 0 Å². The van der Waals surface area contributed by atoms with E-state index >= 15 is 0 Å². The smallest absolute Gasteiger partial charge is 0.408 e. The molecule has 2 amide bonds. The van der Waals surface area contributed by atoms with Crippen LogP contribution in [0.25, 0.3) is 0 Å². The molecule has 0 radical (unpaired) electrons. The summed E-state index contributed by atoms with van der Waals surface area (Å²) in [7, 11) is 0. The maximum absolute atomic E-state index is 11.9. The van der Waals surface area contributed by atoms with Gasteiger partial charge in [0.2, 0.25) is 5.91 Å². The van der Waals surface area contributed by atoms with E-state index in [0.29, 0.717) is 18.9 Å². The van der Waals surface area contributed by atoms with Crippen LogP contribution in [0.3, 0.4) is 0 Å². The van der Waals surface area contributed by atoms with E-state index in [0.717, 1.165) is 5.56 Å². The monoisotopic (exact) mass is 343 g/mol. The average Bonchev–Trinajstić information content (AvgIpc) is 2.65. The van der Waals surface area contributed by atoms with Crippen molar-refractivity contribution in [2.45, 2.75) is 19.6 Å². The molecule has 0 fully saturated rings. The first-order valence-electron chi connectivity index (χ1n) is 7.90. The Morgan fingerprint density at radius 3 is 2.68 bits per heavy atom. The Morgan fingerprint density at radius 1 is 1.16 bits per heavy atom. The van der Waals surface area contributed by atoms with Crippen molar-refractivity contribution in [3.63, 3.8) is 0 Å². The number of hydrogen-bond donors (Lipinski definition) is 3. The van der Waals surface area contributed by atoms with E-state index in [2.05, 4.69) is 25.9 Å². The lowest BCUT2D eigenvalue weighted by Gasteiger charge is -2.14. The van der Waals surface area contributed by atoms with Crippen LogP contribution in [-0.2, 0) is 16.1 Å². The van der Waals surface area contributed by atoms with Crippen LogP contribution in [0.2, 0.25) is 0 Å². The Kier molecular flexibility index (Phi) is 7.17. The zero-order valence-corrected chi connectivity index (χ0v) is 13.9. The lowest BCUT2D eigenvalue weighted by Crippen LogP contribution is -2.46. The highest BCUT2D eigenvalue weighted by molar-refractivity contribution is 5.85. The van der Waals surface area contributed by atoms with Crippen LogP contribution < -0.4 is 16.0 Å². The summed E-state index contributed by atoms with van der Waals surface area (Å²) in [6, 6.07) is 8.62. The molecular weight excluding hydrogens is 322 g/mol. The van der Waals surface area contributed by atoms with Crippen molar-refractivity contribution in [1.29, 1.82) is 0 Å². The van der Waals surface area contributed by atoms with Crippen LogP contribution in [0, 0.1) is 0 Å². The maximum Gasteiger partial charge on any atom is 0.408 e. The fourth-order valence-electron chi connectivity index (χ4n) is 1.93. The molecular formula is C17H21N5O3. The fraction of sp³-hybridized carbons (Fsp3) is 0.294. The van der Waals surface area contributed by atoms with Gasteiger partial charge in [0.15, 0.2) is 0 Å². The molecule has 8 heteroatoms. The lowest BCUT2D eigenvalue weighted by atomic mass is 10.2. The summed E-state index contributed by atoms with van der Waals surface area (Å²) < 4.78 is 5.07. The summed E-state index contributed by atoms with van der Waals surface area (Å²) in [6.07, 6.45) is 4.11. The molecule has 1 aromatic carbocycles. The Balaban J connectivity index is 1.61. The Hall–Kier alpha value is -3.16. The lowest BCUT2D eigenvalue weighted by molar-refractivity contribution is -0.122. The number of nitrogens with one attached hydrogen (secondary N) is 3. The van der Waals surface area contributed by atoms with Crippen molar-refractivity contribution >= 4 is 17.8 Å². The molecule has 1 heterocycles. The molecule has 1 atom stereocenters. The first kappa shape index (κ1) is 18.2. The second kappa shape index (κ2) is 9.86. The number of amides is 2. The molecule has 132 valence electrons. The Morgan fingerprint density at radius 2 is 1.96 bits per heavy atom. The molecule has 0 saturated heterocycles. The maximum atomic E-state index is 11.9. The van der Waals surface area contributed by atoms with E-state index < -0.39 is 12.1 Å². The third-order valence-corrected chi connectivity index (χ3v) is 3.23. The minimum Gasteiger partial charge on any atom is -0.445 e. The molecule has 8 nitrogen and oxygen atoms in total. The van der Waals surface area contributed by atoms with Gasteiger partial charge in [-0.3, -0.25) is 9.78 Å². The number of carbonyl (C=O) groups is 2. The molecule has 0 bridgehead atoms. The molecule has 1 aromatic heterocycles. The van der Waals surface area contributed by atoms with Gasteiger partial charge in [-0.1, -0.05) is 30.3 Å². The molecule has 0 aliphatic carbocycles. The number of nitrogens with zero attached hydrogens (tertiary/aromatic N) is 2. The van der Waals surface area contributed by atoms with Crippen LogP contribution in [0.1, 0.15) is 12.5 Å². The summed E-state index contributed by atoms with van der Waals surface area (Å²) in [4.78, 5) is 31.6. The van der Waals surface area contributed by atoms with E-state index in [1.165, 1.54) is 0 Å². The summed E-state index contributed by atoms with van der Waals surface area (Å²) in [6.45, 7) is 2.63. The highest BCUT2D eigenvalue weighted by Crippen LogP contribution is 2.00. The molecule has 0 unspecified atom stereocenters. The number of alkyl carbamates (subject to hydrolysis) is 1. The highest BCUT2D eigenvalue weighted by atomic mass is 16.5. The predicted octanol–water partition coefficient (Wildman–Crippen LogP) is 1.32. The topological polar surface area (TPSA) is 105 Å². The van der Waals surface area contributed by atoms with Crippen LogP contribution in [0.4, 0.5) is 10.6 Å². The average molecular weight is 343 g/mol. The zero-order valence-electron chi connectivity index (χ0n) is 13.9. The molecule has 0 aliphatic heterocycles. The van der Waals surface area contributed by atoms with Crippen molar-refractivity contribution in [1.82, 2.24) is 20.6 Å². The van der Waals surface area contributed by atoms with E-state index in [1.54, 1.807) is 25.5 Å². The van der Waals surface area contributed by atoms with E-state index in [-0.39, 0.29) is 12.5 Å². The van der Waals surface area contributed by atoms with E-state index in [4.69, 9.17) is 4.74 Å². The summed E-state index contributed by atoms with van der Waals surface area (Å²) in [5, 5.41) is 8.22. The quantitative estimate of drug-likeness (QED) is 0.624. The molecule has 0 aliphatic rings. The van der Waals surface area contributed by atoms with Gasteiger partial charge < -0.3 is 20.7 Å². The van der Waals surface area contributed by atoms with Crippen LogP contribution in [0.15, 0.2) is 48.9 Å². The van der Waals surface area contributed by atoms with Crippen LogP contribution in [-0.4, -0.2) is 41.1 Å². The highest BCUT2D eigenvalue weighted by Gasteiger charge is 2.15. The largest absolute Gasteiger partial charge is 0.445 e. The minimum absolute atomic E-state index is 0.156. The van der Waals surface area contributed by atoms with Crippen molar-refractivity contribution in [3.05, 3.63) is 54.5 Å². The Labute approximate surface area is 146 Å². The van der Waals surface area contributed by atoms with Gasteiger partial charge in [-0.15, -0.1) is 0 Å². The van der Waals surface area contributed by atoms with Gasteiger partial charge in [0.1, 0.15) is 18.5 Å². The number of benzene rings is 1. The Bertz CT molecular complexity index is 666. The van der Waals surface area contributed by atoms with Crippen molar-refractivity contribution < 1.29 is 14.3 Å². The molecule has 2 aromatic rings. The predicted molar refractivity (Wildman–Crippen MR) is 92.8 cm³/mol. The van der Waals surface area contributed by atoms with Gasteiger partial charge in [-0.05, 0) is 12.5 Å². The third-order valence-electron chi connectivity index (χ3n) is 3.23. The standard InChI is InChI=1S/C17H21N5O3/c1-13(22-17(24)25-12-14-5-3-2-4-6-14)16(23)21-10-9-20-15-11-18-7-8-19-15/h2-8,11,13H,9-10,12H2,1H3,(H,19,20)(H,21,23)(H,22,24)/t13-/m0/s1. The van der Waals surface area contributed by atoms with Gasteiger partial charge in [-0.2, -0.15) is 0 Å². The zero-order chi connectivity index (χ0) is 17.9. The minimum atomic E-state index is -0.695. The second-order valence-corrected chi connectivity index (χ2v) is 5.24. The first-order chi connectivity index (χ1) is 12.1. The van der Waals surface area contributed by atoms with Gasteiger partial charge in [0.25, 0.3) is 0 Å². The number of carbonyl (C=O) groups excluding carboxylic acids is 2. The molecule has 2 rings (SSSR count). The SMILES string of the molecule is C[C@H](NC(=O)OCc1ccccc1)C(=O)NCCNc1cnccn1. The van der Waals surface area contributed by atoms with Crippen molar-refractivity contribution in [3.8, 4) is 0 Å². The van der Waals surface area contributed by atoms with E-state index in [9.17, 15) is 9.59 Å². The van der Waals surface area contributed by atoms with Gasteiger partial charge >= 0.3 is 6.09 Å². The molecule has 25 heavy (non-hydrogen) atoms. The molecule has 0 spiro atoms. The van der Waals surface area contributed by atoms with Crippen molar-refractivity contribution in [2.24, 2.45) is 0 Å². The summed E-state index contributed by atoms with van der Waals surface area (Å²) in [5.41, 5.74) is 0.879. The normalized spacial score (nSPS) is 11.2. The number of aromatic nitrogens is 2. The van der Waals surface area contributed by atoms with Crippen LogP contribution in [0.5, 0.6) is 0 Å². The number of rotatable bonds is 8. The molecule has 0 saturated carbocycles. The molecule has 3 N–H and O–H groups in total. The second-order valence-electron chi connectivity index (χ2n) is 5.24. The number of hydrogen-bond acceptors (Lipinski definition) is 6.